The number of para-hydroxylation sites is 1. The van der Waals surface area contributed by atoms with Crippen LogP contribution in [0.4, 0.5) is 0 Å². The summed E-state index contributed by atoms with van der Waals surface area (Å²) in [6, 6.07) is 30.4. The van der Waals surface area contributed by atoms with E-state index in [4.69, 9.17) is 4.42 Å². The third kappa shape index (κ3) is 2.42. The first-order chi connectivity index (χ1) is 16.1. The molecule has 0 spiro atoms. The molecule has 0 fully saturated rings. The number of hydrogen-bond donors (Lipinski definition) is 0. The molecule has 0 amide bonds. The van der Waals surface area contributed by atoms with Crippen LogP contribution < -0.4 is 4.57 Å². The lowest BCUT2D eigenvalue weighted by Crippen LogP contribution is -2.30. The van der Waals surface area contributed by atoms with Gasteiger partial charge in [-0.2, -0.15) is 4.57 Å². The molecule has 5 aromatic carbocycles. The minimum atomic E-state index is 0.926. The van der Waals surface area contributed by atoms with E-state index in [-0.39, 0.29) is 0 Å². The third-order valence-corrected chi connectivity index (χ3v) is 7.21. The van der Waals surface area contributed by atoms with Gasteiger partial charge in [0.2, 0.25) is 0 Å². The second-order valence-electron chi connectivity index (χ2n) is 8.99. The summed E-state index contributed by atoms with van der Waals surface area (Å²) < 4.78 is 11.0. The van der Waals surface area contributed by atoms with Gasteiger partial charge in [-0.1, -0.05) is 60.7 Å². The summed E-state index contributed by atoms with van der Waals surface area (Å²) in [5.74, 6) is 1.19. The predicted octanol–water partition coefficient (Wildman–Crippen LogP) is 7.28. The smallest absolute Gasteiger partial charge is 0.259 e. The highest BCUT2D eigenvalue weighted by molar-refractivity contribution is 6.27. The zero-order valence-electron chi connectivity index (χ0n) is 18.9. The fourth-order valence-electron chi connectivity index (χ4n) is 5.45. The minimum Gasteiger partial charge on any atom is -0.456 e. The minimum absolute atomic E-state index is 0.926. The molecule has 0 bridgehead atoms. The molecule has 0 atom stereocenters. The maximum Gasteiger partial charge on any atom is 0.259 e. The van der Waals surface area contributed by atoms with Gasteiger partial charge in [0.15, 0.2) is 11.0 Å². The molecular formula is C30H23N2O+. The molecule has 0 N–H and O–H groups in total. The van der Waals surface area contributed by atoms with Gasteiger partial charge < -0.3 is 4.42 Å². The van der Waals surface area contributed by atoms with Crippen LogP contribution >= 0.6 is 0 Å². The zero-order valence-corrected chi connectivity index (χ0v) is 18.9. The summed E-state index contributed by atoms with van der Waals surface area (Å²) in [5.41, 5.74) is 6.68. The zero-order chi connectivity index (χ0) is 22.3. The quantitative estimate of drug-likeness (QED) is 0.199. The number of aryl methyl sites for hydroxylation is 2. The van der Waals surface area contributed by atoms with Crippen molar-refractivity contribution in [2.24, 2.45) is 7.05 Å². The molecule has 0 radical (unpaired) electrons. The van der Waals surface area contributed by atoms with Crippen molar-refractivity contribution in [3.8, 4) is 5.69 Å². The van der Waals surface area contributed by atoms with E-state index in [9.17, 15) is 0 Å². The third-order valence-electron chi connectivity index (χ3n) is 7.21. The van der Waals surface area contributed by atoms with Crippen LogP contribution in [-0.2, 0) is 7.05 Å². The lowest BCUT2D eigenvalue weighted by Gasteiger charge is -2.05. The molecule has 7 aromatic rings. The Morgan fingerprint density at radius 3 is 2.33 bits per heavy atom. The first-order valence-corrected chi connectivity index (χ1v) is 11.4. The Balaban J connectivity index is 1.70. The highest BCUT2D eigenvalue weighted by atomic mass is 16.3. The van der Waals surface area contributed by atoms with E-state index in [2.05, 4.69) is 115 Å². The van der Waals surface area contributed by atoms with Gasteiger partial charge in [-0.25, -0.2) is 4.57 Å². The van der Waals surface area contributed by atoms with E-state index in [1.165, 1.54) is 49.5 Å². The number of fused-ring (bicyclic) bond motifs is 8. The summed E-state index contributed by atoms with van der Waals surface area (Å²) in [7, 11) is 2.13. The number of aromatic nitrogens is 2. The van der Waals surface area contributed by atoms with Gasteiger partial charge in [-0.3, -0.25) is 0 Å². The topological polar surface area (TPSA) is 21.9 Å². The van der Waals surface area contributed by atoms with Gasteiger partial charge >= 0.3 is 0 Å². The average molecular weight is 428 g/mol. The van der Waals surface area contributed by atoms with Crippen LogP contribution in [0, 0.1) is 13.8 Å². The molecule has 7 rings (SSSR count). The number of hydrogen-bond acceptors (Lipinski definition) is 1. The molecule has 0 aliphatic heterocycles. The van der Waals surface area contributed by atoms with E-state index >= 15 is 0 Å². The largest absolute Gasteiger partial charge is 0.456 e. The van der Waals surface area contributed by atoms with Crippen molar-refractivity contribution >= 4 is 54.5 Å². The summed E-state index contributed by atoms with van der Waals surface area (Å²) in [6.07, 6.45) is 0. The number of rotatable bonds is 1. The lowest BCUT2D eigenvalue weighted by molar-refractivity contribution is -0.652. The average Bonchev–Trinajstić information content (AvgIpc) is 3.32. The molecule has 0 aliphatic carbocycles. The summed E-state index contributed by atoms with van der Waals surface area (Å²) in [4.78, 5) is 0. The highest BCUT2D eigenvalue weighted by Crippen LogP contribution is 2.39. The summed E-state index contributed by atoms with van der Waals surface area (Å²) in [6.45, 7) is 4.35. The predicted molar refractivity (Wildman–Crippen MR) is 136 cm³/mol. The molecule has 3 nitrogen and oxygen atoms in total. The van der Waals surface area contributed by atoms with Gasteiger partial charge in [0.05, 0.1) is 7.05 Å². The van der Waals surface area contributed by atoms with Crippen molar-refractivity contribution < 1.29 is 8.98 Å². The van der Waals surface area contributed by atoms with Gasteiger partial charge in [0.1, 0.15) is 16.9 Å². The Morgan fingerprint density at radius 2 is 1.45 bits per heavy atom. The second-order valence-corrected chi connectivity index (χ2v) is 8.99. The van der Waals surface area contributed by atoms with Crippen LogP contribution in [0.5, 0.6) is 0 Å². The lowest BCUT2D eigenvalue weighted by atomic mass is 9.97. The number of nitrogens with zero attached hydrogens (tertiary/aromatic N) is 2. The molecule has 2 heterocycles. The van der Waals surface area contributed by atoms with Gasteiger partial charge in [0, 0.05) is 35.2 Å². The van der Waals surface area contributed by atoms with Crippen LogP contribution in [0.25, 0.3) is 60.2 Å². The van der Waals surface area contributed by atoms with Crippen LogP contribution in [0.2, 0.25) is 0 Å². The molecule has 0 saturated heterocycles. The van der Waals surface area contributed by atoms with Crippen molar-refractivity contribution in [1.82, 2.24) is 4.57 Å². The first-order valence-electron chi connectivity index (χ1n) is 11.4. The van der Waals surface area contributed by atoms with Crippen LogP contribution in [0.1, 0.15) is 11.4 Å². The molecular weight excluding hydrogens is 404 g/mol. The fraction of sp³-hybridized carbons (Fsp3) is 0.100. The molecule has 33 heavy (non-hydrogen) atoms. The van der Waals surface area contributed by atoms with Gasteiger partial charge in [-0.05, 0) is 40.8 Å². The van der Waals surface area contributed by atoms with E-state index in [0.717, 1.165) is 22.1 Å². The molecule has 3 heteroatoms. The Kier molecular flexibility index (Phi) is 3.61. The van der Waals surface area contributed by atoms with E-state index in [0.29, 0.717) is 0 Å². The molecule has 158 valence electrons. The van der Waals surface area contributed by atoms with Crippen LogP contribution in [0.15, 0.2) is 89.3 Å². The summed E-state index contributed by atoms with van der Waals surface area (Å²) >= 11 is 0. The maximum atomic E-state index is 6.43. The van der Waals surface area contributed by atoms with Crippen LogP contribution in [-0.4, -0.2) is 4.57 Å². The molecule has 0 saturated carbocycles. The molecule has 0 aliphatic rings. The van der Waals surface area contributed by atoms with Gasteiger partial charge in [-0.15, -0.1) is 0 Å². The fourth-order valence-corrected chi connectivity index (χ4v) is 5.45. The number of furan rings is 1. The van der Waals surface area contributed by atoms with Crippen molar-refractivity contribution in [3.63, 3.8) is 0 Å². The van der Waals surface area contributed by atoms with E-state index < -0.39 is 0 Å². The monoisotopic (exact) mass is 427 g/mol. The number of imidazole rings is 1. The molecule has 2 aromatic heterocycles. The molecule has 0 unspecified atom stereocenters. The normalized spacial score (nSPS) is 12.1. The van der Waals surface area contributed by atoms with Crippen molar-refractivity contribution in [1.29, 1.82) is 0 Å². The first kappa shape index (κ1) is 18.5. The Morgan fingerprint density at radius 1 is 0.697 bits per heavy atom. The van der Waals surface area contributed by atoms with Crippen molar-refractivity contribution in [2.75, 3.05) is 0 Å². The van der Waals surface area contributed by atoms with Crippen LogP contribution in [0.3, 0.4) is 0 Å². The van der Waals surface area contributed by atoms with Crippen molar-refractivity contribution in [3.05, 3.63) is 96.3 Å². The SMILES string of the molecule is Cc1ccccc1-n1c(C)[n+](C)c2cc3oc4ccc5ccc6ccccc6c5c4c3cc21. The Labute approximate surface area is 191 Å². The number of benzene rings is 5. The van der Waals surface area contributed by atoms with Crippen molar-refractivity contribution in [2.45, 2.75) is 13.8 Å². The maximum absolute atomic E-state index is 6.43. The Bertz CT molecular complexity index is 1900. The summed E-state index contributed by atoms with van der Waals surface area (Å²) in [5, 5.41) is 7.36. The standard InChI is InChI=1S/C30H23N2O/c1-18-8-4-7-11-24(18)32-19(2)31(3)25-17-28-23(16-26(25)32)30-27(33-28)15-14-21-13-12-20-9-5-6-10-22(20)29(21)30/h4-17H,1-3H3/q+1. The highest BCUT2D eigenvalue weighted by Gasteiger charge is 2.24. The van der Waals surface area contributed by atoms with Gasteiger partial charge in [0.25, 0.3) is 5.82 Å². The van der Waals surface area contributed by atoms with E-state index in [1.54, 1.807) is 0 Å². The Hall–Kier alpha value is -4.11. The second kappa shape index (κ2) is 6.46. The van der Waals surface area contributed by atoms with E-state index in [1.807, 2.05) is 0 Å².